The Labute approximate surface area is 89.3 Å². The van der Waals surface area contributed by atoms with Gasteiger partial charge in [-0.25, -0.2) is 4.39 Å². The quantitative estimate of drug-likeness (QED) is 0.814. The van der Waals surface area contributed by atoms with Crippen molar-refractivity contribution in [2.24, 2.45) is 0 Å². The van der Waals surface area contributed by atoms with E-state index in [4.69, 9.17) is 11.6 Å². The van der Waals surface area contributed by atoms with Crippen molar-refractivity contribution in [2.45, 2.75) is 25.8 Å². The van der Waals surface area contributed by atoms with E-state index in [9.17, 15) is 4.39 Å². The maximum Gasteiger partial charge on any atom is 0.127 e. The minimum absolute atomic E-state index is 0.208. The molecule has 3 heteroatoms. The highest BCUT2D eigenvalue weighted by Gasteiger charge is 2.04. The monoisotopic (exact) mass is 215 g/mol. The second-order valence-electron chi connectivity index (χ2n) is 3.46. The van der Waals surface area contributed by atoms with Gasteiger partial charge in [0.05, 0.1) is 0 Å². The number of aryl methyl sites for hydroxylation is 1. The van der Waals surface area contributed by atoms with Crippen molar-refractivity contribution in [2.75, 3.05) is 7.05 Å². The summed E-state index contributed by atoms with van der Waals surface area (Å²) in [5.41, 5.74) is 0.733. The number of halogens is 2. The Kier molecular flexibility index (Phi) is 4.36. The van der Waals surface area contributed by atoms with Crippen molar-refractivity contribution in [3.8, 4) is 0 Å². The molecule has 1 N–H and O–H groups in total. The molecule has 0 aliphatic carbocycles. The Morgan fingerprint density at radius 3 is 2.79 bits per heavy atom. The Morgan fingerprint density at radius 1 is 1.50 bits per heavy atom. The van der Waals surface area contributed by atoms with E-state index in [0.29, 0.717) is 11.1 Å². The van der Waals surface area contributed by atoms with Crippen molar-refractivity contribution in [3.05, 3.63) is 34.6 Å². The third-order valence-electron chi connectivity index (χ3n) is 2.35. The average molecular weight is 216 g/mol. The number of nitrogens with one attached hydrogen (secondary N) is 1. The van der Waals surface area contributed by atoms with Gasteiger partial charge in [0.15, 0.2) is 0 Å². The van der Waals surface area contributed by atoms with Gasteiger partial charge >= 0.3 is 0 Å². The smallest absolute Gasteiger partial charge is 0.127 e. The molecule has 0 fully saturated rings. The Bertz CT molecular complexity index is 301. The molecule has 1 aromatic rings. The highest BCUT2D eigenvalue weighted by Crippen LogP contribution is 2.16. The van der Waals surface area contributed by atoms with E-state index >= 15 is 0 Å². The lowest BCUT2D eigenvalue weighted by Gasteiger charge is -2.10. The van der Waals surface area contributed by atoms with Gasteiger partial charge in [0, 0.05) is 11.1 Å². The third-order valence-corrected chi connectivity index (χ3v) is 2.59. The molecular weight excluding hydrogens is 201 g/mol. The molecule has 0 amide bonds. The van der Waals surface area contributed by atoms with Gasteiger partial charge in [-0.05, 0) is 44.5 Å². The molecule has 0 radical (unpaired) electrons. The van der Waals surface area contributed by atoms with E-state index in [1.807, 2.05) is 7.05 Å². The summed E-state index contributed by atoms with van der Waals surface area (Å²) in [5.74, 6) is -0.208. The molecule has 1 nitrogen and oxygen atoms in total. The molecule has 14 heavy (non-hydrogen) atoms. The summed E-state index contributed by atoms with van der Waals surface area (Å²) >= 11 is 5.65. The van der Waals surface area contributed by atoms with E-state index in [2.05, 4.69) is 12.2 Å². The minimum Gasteiger partial charge on any atom is -0.317 e. The van der Waals surface area contributed by atoms with E-state index in [1.54, 1.807) is 12.1 Å². The molecule has 0 aliphatic heterocycles. The van der Waals surface area contributed by atoms with Crippen molar-refractivity contribution >= 4 is 11.6 Å². The van der Waals surface area contributed by atoms with E-state index in [0.717, 1.165) is 18.4 Å². The van der Waals surface area contributed by atoms with Crippen LogP contribution >= 0.6 is 11.6 Å². The van der Waals surface area contributed by atoms with Gasteiger partial charge in [-0.1, -0.05) is 17.7 Å². The van der Waals surface area contributed by atoms with Gasteiger partial charge in [-0.3, -0.25) is 0 Å². The van der Waals surface area contributed by atoms with Gasteiger partial charge in [0.25, 0.3) is 0 Å². The van der Waals surface area contributed by atoms with E-state index in [-0.39, 0.29) is 5.82 Å². The number of hydrogen-bond acceptors (Lipinski definition) is 1. The zero-order valence-electron chi connectivity index (χ0n) is 8.48. The predicted octanol–water partition coefficient (Wildman–Crippen LogP) is 3.02. The van der Waals surface area contributed by atoms with Crippen LogP contribution in [0.25, 0.3) is 0 Å². The fourth-order valence-electron chi connectivity index (χ4n) is 1.24. The van der Waals surface area contributed by atoms with Crippen LogP contribution in [0, 0.1) is 5.82 Å². The molecule has 0 aromatic heterocycles. The number of benzene rings is 1. The second kappa shape index (κ2) is 5.32. The van der Waals surface area contributed by atoms with E-state index < -0.39 is 0 Å². The zero-order chi connectivity index (χ0) is 10.6. The van der Waals surface area contributed by atoms with Crippen LogP contribution in [0.2, 0.25) is 5.02 Å². The summed E-state index contributed by atoms with van der Waals surface area (Å²) in [4.78, 5) is 0. The highest BCUT2D eigenvalue weighted by molar-refractivity contribution is 6.30. The van der Waals surface area contributed by atoms with Crippen LogP contribution in [0.3, 0.4) is 0 Å². The largest absolute Gasteiger partial charge is 0.317 e. The number of hydrogen-bond donors (Lipinski definition) is 1. The first-order valence-electron chi connectivity index (χ1n) is 4.74. The lowest BCUT2D eigenvalue weighted by molar-refractivity contribution is 0.547. The molecule has 1 atom stereocenters. The summed E-state index contributed by atoms with van der Waals surface area (Å²) < 4.78 is 13.3. The Hall–Kier alpha value is -0.600. The van der Waals surface area contributed by atoms with Gasteiger partial charge in [0.2, 0.25) is 0 Å². The second-order valence-corrected chi connectivity index (χ2v) is 3.90. The molecule has 0 bridgehead atoms. The molecule has 1 rings (SSSR count). The van der Waals surface area contributed by atoms with Gasteiger partial charge in [-0.15, -0.1) is 0 Å². The standard InChI is InChI=1S/C11H15ClFN/c1-8(14-2)3-4-9-5-6-10(12)7-11(9)13/h5-8,14H,3-4H2,1-2H3. The van der Waals surface area contributed by atoms with Crippen molar-refractivity contribution in [3.63, 3.8) is 0 Å². The topological polar surface area (TPSA) is 12.0 Å². The van der Waals surface area contributed by atoms with Crippen LogP contribution in [0.5, 0.6) is 0 Å². The first kappa shape index (κ1) is 11.5. The van der Waals surface area contributed by atoms with Gasteiger partial charge in [0.1, 0.15) is 5.82 Å². The molecule has 0 aliphatic rings. The van der Waals surface area contributed by atoms with Crippen LogP contribution in [0.1, 0.15) is 18.9 Å². The molecule has 0 saturated heterocycles. The molecule has 1 unspecified atom stereocenters. The third kappa shape index (κ3) is 3.28. The fraction of sp³-hybridized carbons (Fsp3) is 0.455. The Morgan fingerprint density at radius 2 is 2.21 bits per heavy atom. The maximum absolute atomic E-state index is 13.3. The predicted molar refractivity (Wildman–Crippen MR) is 58.3 cm³/mol. The van der Waals surface area contributed by atoms with Gasteiger partial charge in [-0.2, -0.15) is 0 Å². The SMILES string of the molecule is CNC(C)CCc1ccc(Cl)cc1F. The van der Waals surface area contributed by atoms with Crippen molar-refractivity contribution in [1.82, 2.24) is 5.32 Å². The highest BCUT2D eigenvalue weighted by atomic mass is 35.5. The summed E-state index contributed by atoms with van der Waals surface area (Å²) in [6, 6.07) is 5.25. The molecule has 78 valence electrons. The van der Waals surface area contributed by atoms with Crippen molar-refractivity contribution in [1.29, 1.82) is 0 Å². The molecule has 0 heterocycles. The summed E-state index contributed by atoms with van der Waals surface area (Å²) in [7, 11) is 1.91. The lowest BCUT2D eigenvalue weighted by atomic mass is 10.1. The van der Waals surface area contributed by atoms with Crippen LogP contribution in [0.15, 0.2) is 18.2 Å². The van der Waals surface area contributed by atoms with Gasteiger partial charge < -0.3 is 5.32 Å². The van der Waals surface area contributed by atoms with Crippen LogP contribution in [-0.2, 0) is 6.42 Å². The van der Waals surface area contributed by atoms with E-state index in [1.165, 1.54) is 6.07 Å². The fourth-order valence-corrected chi connectivity index (χ4v) is 1.40. The molecule has 0 spiro atoms. The number of rotatable bonds is 4. The van der Waals surface area contributed by atoms with Crippen LogP contribution < -0.4 is 5.32 Å². The lowest BCUT2D eigenvalue weighted by Crippen LogP contribution is -2.21. The summed E-state index contributed by atoms with van der Waals surface area (Å²) in [6.45, 7) is 2.08. The normalized spacial score (nSPS) is 12.9. The van der Waals surface area contributed by atoms with Crippen LogP contribution in [-0.4, -0.2) is 13.1 Å². The first-order valence-corrected chi connectivity index (χ1v) is 5.12. The van der Waals surface area contributed by atoms with Crippen LogP contribution in [0.4, 0.5) is 4.39 Å². The molecule has 0 saturated carbocycles. The maximum atomic E-state index is 13.3. The molecular formula is C11H15ClFN. The molecule has 1 aromatic carbocycles. The summed E-state index contributed by atoms with van der Waals surface area (Å²) in [6.07, 6.45) is 1.67. The van der Waals surface area contributed by atoms with Crippen molar-refractivity contribution < 1.29 is 4.39 Å². The average Bonchev–Trinajstić information content (AvgIpc) is 2.16. The minimum atomic E-state index is -0.208. The summed E-state index contributed by atoms with van der Waals surface area (Å²) in [5, 5.41) is 3.57. The Balaban J connectivity index is 2.59. The zero-order valence-corrected chi connectivity index (χ0v) is 9.24. The first-order chi connectivity index (χ1) is 6.63.